The first-order chi connectivity index (χ1) is 9.84. The van der Waals surface area contributed by atoms with E-state index in [1.165, 1.54) is 36.8 Å². The summed E-state index contributed by atoms with van der Waals surface area (Å²) in [5.41, 5.74) is 2.91. The molecule has 4 rings (SSSR count). The average Bonchev–Trinajstić information content (AvgIpc) is 3.27. The number of rotatable bonds is 3. The summed E-state index contributed by atoms with van der Waals surface area (Å²) < 4.78 is 2.29. The van der Waals surface area contributed by atoms with Gasteiger partial charge in [0.2, 0.25) is 0 Å². The fourth-order valence-electron chi connectivity index (χ4n) is 3.73. The van der Waals surface area contributed by atoms with Crippen LogP contribution in [0.15, 0.2) is 30.5 Å². The van der Waals surface area contributed by atoms with E-state index in [-0.39, 0.29) is 0 Å². The van der Waals surface area contributed by atoms with Crippen LogP contribution in [0.25, 0.3) is 10.9 Å². The van der Waals surface area contributed by atoms with Crippen LogP contribution in [0.4, 0.5) is 0 Å². The van der Waals surface area contributed by atoms with Gasteiger partial charge < -0.3 is 9.88 Å². The SMILES string of the molecule is Cn1cc([C@H](C2CC2)N2CCNCC2)c2ccccc21. The Bertz CT molecular complexity index is 606. The summed E-state index contributed by atoms with van der Waals surface area (Å²) >= 11 is 0. The first-order valence-electron chi connectivity index (χ1n) is 7.83. The van der Waals surface area contributed by atoms with E-state index in [9.17, 15) is 0 Å². The zero-order chi connectivity index (χ0) is 13.5. The molecule has 0 unspecified atom stereocenters. The Morgan fingerprint density at radius 1 is 1.15 bits per heavy atom. The Morgan fingerprint density at radius 2 is 1.90 bits per heavy atom. The molecule has 0 radical (unpaired) electrons. The lowest BCUT2D eigenvalue weighted by atomic mass is 9.99. The van der Waals surface area contributed by atoms with Gasteiger partial charge in [-0.2, -0.15) is 0 Å². The molecule has 1 aliphatic carbocycles. The third-order valence-electron chi connectivity index (χ3n) is 4.86. The second kappa shape index (κ2) is 4.90. The van der Waals surface area contributed by atoms with Crippen LogP contribution in [0.5, 0.6) is 0 Å². The molecule has 2 fully saturated rings. The predicted octanol–water partition coefficient (Wildman–Crippen LogP) is 2.53. The highest BCUT2D eigenvalue weighted by atomic mass is 15.2. The summed E-state index contributed by atoms with van der Waals surface area (Å²) in [5, 5.41) is 4.93. The molecule has 0 amide bonds. The Labute approximate surface area is 120 Å². The van der Waals surface area contributed by atoms with Crippen molar-refractivity contribution in [2.45, 2.75) is 18.9 Å². The fourth-order valence-corrected chi connectivity index (χ4v) is 3.73. The zero-order valence-corrected chi connectivity index (χ0v) is 12.2. The van der Waals surface area contributed by atoms with Gasteiger partial charge in [0.25, 0.3) is 0 Å². The van der Waals surface area contributed by atoms with Crippen molar-refractivity contribution in [2.24, 2.45) is 13.0 Å². The Morgan fingerprint density at radius 3 is 2.65 bits per heavy atom. The van der Waals surface area contributed by atoms with Crippen LogP contribution in [0.3, 0.4) is 0 Å². The third-order valence-corrected chi connectivity index (χ3v) is 4.86. The number of aromatic nitrogens is 1. The van der Waals surface area contributed by atoms with Crippen LogP contribution in [0, 0.1) is 5.92 Å². The number of nitrogens with one attached hydrogen (secondary N) is 1. The first-order valence-corrected chi connectivity index (χ1v) is 7.83. The van der Waals surface area contributed by atoms with Crippen molar-refractivity contribution in [3.63, 3.8) is 0 Å². The minimum atomic E-state index is 0.628. The van der Waals surface area contributed by atoms with Crippen molar-refractivity contribution in [1.29, 1.82) is 0 Å². The van der Waals surface area contributed by atoms with E-state index in [0.717, 1.165) is 19.0 Å². The number of nitrogens with zero attached hydrogens (tertiary/aromatic N) is 2. The van der Waals surface area contributed by atoms with Gasteiger partial charge in [0.1, 0.15) is 0 Å². The molecule has 1 aromatic heterocycles. The second-order valence-electron chi connectivity index (χ2n) is 6.28. The highest BCUT2D eigenvalue weighted by molar-refractivity contribution is 5.84. The summed E-state index contributed by atoms with van der Waals surface area (Å²) in [7, 11) is 2.17. The van der Waals surface area contributed by atoms with E-state index in [4.69, 9.17) is 0 Å². The first kappa shape index (κ1) is 12.4. The van der Waals surface area contributed by atoms with Crippen molar-refractivity contribution in [2.75, 3.05) is 26.2 Å². The van der Waals surface area contributed by atoms with Crippen molar-refractivity contribution < 1.29 is 0 Å². The molecule has 2 aliphatic rings. The smallest absolute Gasteiger partial charge is 0.0481 e. The number of benzene rings is 1. The lowest BCUT2D eigenvalue weighted by Gasteiger charge is -2.35. The van der Waals surface area contributed by atoms with Gasteiger partial charge in [-0.05, 0) is 30.4 Å². The quantitative estimate of drug-likeness (QED) is 0.924. The number of aryl methyl sites for hydroxylation is 1. The molecule has 0 bridgehead atoms. The summed E-state index contributed by atoms with van der Waals surface area (Å²) in [6, 6.07) is 9.47. The van der Waals surface area contributed by atoms with Gasteiger partial charge in [-0.1, -0.05) is 18.2 Å². The van der Waals surface area contributed by atoms with Crippen LogP contribution in [-0.2, 0) is 7.05 Å². The molecule has 106 valence electrons. The molecule has 1 atom stereocenters. The van der Waals surface area contributed by atoms with Gasteiger partial charge in [-0.15, -0.1) is 0 Å². The maximum Gasteiger partial charge on any atom is 0.0481 e. The topological polar surface area (TPSA) is 20.2 Å². The Balaban J connectivity index is 1.77. The summed E-state index contributed by atoms with van der Waals surface area (Å²) in [6.07, 6.45) is 5.17. The molecule has 1 aromatic carbocycles. The van der Waals surface area contributed by atoms with Crippen molar-refractivity contribution >= 4 is 10.9 Å². The summed E-state index contributed by atoms with van der Waals surface area (Å²) in [6.45, 7) is 4.64. The van der Waals surface area contributed by atoms with E-state index in [0.29, 0.717) is 6.04 Å². The molecule has 20 heavy (non-hydrogen) atoms. The molecule has 1 saturated heterocycles. The number of fused-ring (bicyclic) bond motifs is 1. The maximum absolute atomic E-state index is 3.48. The molecule has 0 spiro atoms. The van der Waals surface area contributed by atoms with Gasteiger partial charge >= 0.3 is 0 Å². The molecule has 1 saturated carbocycles. The van der Waals surface area contributed by atoms with E-state index in [2.05, 4.69) is 52.3 Å². The van der Waals surface area contributed by atoms with Crippen LogP contribution >= 0.6 is 0 Å². The number of hydrogen-bond donors (Lipinski definition) is 1. The normalized spacial score (nSPS) is 22.2. The van der Waals surface area contributed by atoms with Crippen molar-refractivity contribution in [3.8, 4) is 0 Å². The van der Waals surface area contributed by atoms with Gasteiger partial charge in [0.15, 0.2) is 0 Å². The van der Waals surface area contributed by atoms with Crippen LogP contribution < -0.4 is 5.32 Å². The number of piperazine rings is 1. The Kier molecular flexibility index (Phi) is 3.04. The van der Waals surface area contributed by atoms with E-state index in [1.807, 2.05) is 0 Å². The van der Waals surface area contributed by atoms with Gasteiger partial charge in [-0.25, -0.2) is 0 Å². The van der Waals surface area contributed by atoms with E-state index >= 15 is 0 Å². The maximum atomic E-state index is 3.48. The fraction of sp³-hybridized carbons (Fsp3) is 0.529. The van der Waals surface area contributed by atoms with Crippen LogP contribution in [0.2, 0.25) is 0 Å². The predicted molar refractivity (Wildman–Crippen MR) is 82.8 cm³/mol. The molecular weight excluding hydrogens is 246 g/mol. The molecule has 3 nitrogen and oxygen atoms in total. The van der Waals surface area contributed by atoms with Crippen molar-refractivity contribution in [3.05, 3.63) is 36.0 Å². The zero-order valence-electron chi connectivity index (χ0n) is 12.2. The van der Waals surface area contributed by atoms with E-state index < -0.39 is 0 Å². The number of hydrogen-bond acceptors (Lipinski definition) is 2. The molecule has 1 N–H and O–H groups in total. The lowest BCUT2D eigenvalue weighted by molar-refractivity contribution is 0.157. The minimum Gasteiger partial charge on any atom is -0.350 e. The number of para-hydroxylation sites is 1. The monoisotopic (exact) mass is 269 g/mol. The van der Waals surface area contributed by atoms with E-state index in [1.54, 1.807) is 5.56 Å². The summed E-state index contributed by atoms with van der Waals surface area (Å²) in [5.74, 6) is 0.874. The largest absolute Gasteiger partial charge is 0.350 e. The van der Waals surface area contributed by atoms with Crippen LogP contribution in [-0.4, -0.2) is 35.6 Å². The van der Waals surface area contributed by atoms with Gasteiger partial charge in [0.05, 0.1) is 0 Å². The van der Waals surface area contributed by atoms with Gasteiger partial charge in [-0.3, -0.25) is 4.90 Å². The molecule has 2 aromatic rings. The van der Waals surface area contributed by atoms with Gasteiger partial charge in [0, 0.05) is 56.4 Å². The molecular formula is C17H23N3. The van der Waals surface area contributed by atoms with Crippen molar-refractivity contribution in [1.82, 2.24) is 14.8 Å². The highest BCUT2D eigenvalue weighted by Gasteiger charge is 2.38. The lowest BCUT2D eigenvalue weighted by Crippen LogP contribution is -2.45. The standard InChI is InChI=1S/C17H23N3/c1-19-12-15(14-4-2-3-5-16(14)19)17(13-6-7-13)20-10-8-18-9-11-20/h2-5,12-13,17-18H,6-11H2,1H3/t17-/m0/s1. The average molecular weight is 269 g/mol. The molecule has 1 aliphatic heterocycles. The van der Waals surface area contributed by atoms with Crippen LogP contribution in [0.1, 0.15) is 24.4 Å². The highest BCUT2D eigenvalue weighted by Crippen LogP contribution is 2.46. The molecule has 3 heteroatoms. The second-order valence-corrected chi connectivity index (χ2v) is 6.28. The Hall–Kier alpha value is -1.32. The summed E-state index contributed by atoms with van der Waals surface area (Å²) in [4.78, 5) is 2.70. The minimum absolute atomic E-state index is 0.628. The molecule has 2 heterocycles. The third kappa shape index (κ3) is 2.05.